The van der Waals surface area contributed by atoms with Crippen LogP contribution in [0.1, 0.15) is 5.56 Å². The van der Waals surface area contributed by atoms with E-state index in [0.29, 0.717) is 34.3 Å². The van der Waals surface area contributed by atoms with Crippen molar-refractivity contribution in [2.45, 2.75) is 6.54 Å². The number of hydrogen-bond acceptors (Lipinski definition) is 3. The molecular formula is C15H14BrClFNO2. The predicted molar refractivity (Wildman–Crippen MR) is 86.0 cm³/mol. The first-order chi connectivity index (χ1) is 10.0. The van der Waals surface area contributed by atoms with Gasteiger partial charge in [0.05, 0.1) is 24.9 Å². The van der Waals surface area contributed by atoms with Gasteiger partial charge < -0.3 is 14.8 Å². The number of methoxy groups -OCH3 is 2. The van der Waals surface area contributed by atoms with E-state index in [1.165, 1.54) is 13.2 Å². The molecule has 0 aliphatic heterocycles. The first kappa shape index (κ1) is 15.9. The fourth-order valence-electron chi connectivity index (χ4n) is 1.87. The summed E-state index contributed by atoms with van der Waals surface area (Å²) >= 11 is 9.42. The Hall–Kier alpha value is -1.46. The molecule has 2 aromatic carbocycles. The second kappa shape index (κ2) is 7.00. The van der Waals surface area contributed by atoms with E-state index < -0.39 is 0 Å². The molecule has 2 aromatic rings. The average Bonchev–Trinajstić information content (AvgIpc) is 2.48. The summed E-state index contributed by atoms with van der Waals surface area (Å²) < 4.78 is 24.9. The third kappa shape index (κ3) is 3.80. The van der Waals surface area contributed by atoms with Crippen molar-refractivity contribution < 1.29 is 13.9 Å². The van der Waals surface area contributed by atoms with Gasteiger partial charge in [0.2, 0.25) is 0 Å². The van der Waals surface area contributed by atoms with E-state index in [-0.39, 0.29) is 5.82 Å². The van der Waals surface area contributed by atoms with Crippen LogP contribution in [0, 0.1) is 5.82 Å². The molecule has 21 heavy (non-hydrogen) atoms. The van der Waals surface area contributed by atoms with Crippen LogP contribution >= 0.6 is 27.5 Å². The van der Waals surface area contributed by atoms with Gasteiger partial charge in [0.15, 0.2) is 0 Å². The van der Waals surface area contributed by atoms with Crippen LogP contribution < -0.4 is 14.8 Å². The van der Waals surface area contributed by atoms with Gasteiger partial charge in [0, 0.05) is 22.6 Å². The fourth-order valence-corrected chi connectivity index (χ4v) is 2.52. The molecule has 2 rings (SSSR count). The van der Waals surface area contributed by atoms with Crippen LogP contribution in [0.5, 0.6) is 11.5 Å². The highest BCUT2D eigenvalue weighted by molar-refractivity contribution is 9.10. The number of ether oxygens (including phenoxy) is 2. The summed E-state index contributed by atoms with van der Waals surface area (Å²) in [5.41, 5.74) is 1.21. The monoisotopic (exact) mass is 373 g/mol. The van der Waals surface area contributed by atoms with Crippen molar-refractivity contribution in [1.82, 2.24) is 0 Å². The Morgan fingerprint density at radius 1 is 1.14 bits per heavy atom. The van der Waals surface area contributed by atoms with Gasteiger partial charge in [0.1, 0.15) is 17.3 Å². The zero-order valence-corrected chi connectivity index (χ0v) is 13.9. The first-order valence-electron chi connectivity index (χ1n) is 6.14. The largest absolute Gasteiger partial charge is 0.495 e. The van der Waals surface area contributed by atoms with Gasteiger partial charge in [0.25, 0.3) is 0 Å². The summed E-state index contributed by atoms with van der Waals surface area (Å²) in [4.78, 5) is 0. The van der Waals surface area contributed by atoms with Gasteiger partial charge in [-0.05, 0) is 24.3 Å². The van der Waals surface area contributed by atoms with Crippen molar-refractivity contribution in [3.05, 3.63) is 51.2 Å². The number of benzene rings is 2. The van der Waals surface area contributed by atoms with Gasteiger partial charge in [-0.1, -0.05) is 27.5 Å². The maximum Gasteiger partial charge on any atom is 0.145 e. The molecule has 0 radical (unpaired) electrons. The maximum absolute atomic E-state index is 13.7. The second-order valence-electron chi connectivity index (χ2n) is 4.28. The third-order valence-corrected chi connectivity index (χ3v) is 3.74. The maximum atomic E-state index is 13.7. The van der Waals surface area contributed by atoms with E-state index in [9.17, 15) is 4.39 Å². The van der Waals surface area contributed by atoms with E-state index in [1.54, 1.807) is 31.4 Å². The summed E-state index contributed by atoms with van der Waals surface area (Å²) in [6.45, 7) is 0.310. The molecule has 0 heterocycles. The lowest BCUT2D eigenvalue weighted by Gasteiger charge is -2.14. The van der Waals surface area contributed by atoms with Crippen molar-refractivity contribution in [2.75, 3.05) is 19.5 Å². The zero-order chi connectivity index (χ0) is 15.4. The standard InChI is InChI=1S/C15H14BrClFNO2/c1-20-14-7-15(21-2)13(6-11(14)17)19-8-9-5-10(16)3-4-12(9)18/h3-7,19H,8H2,1-2H3. The minimum atomic E-state index is -0.274. The Morgan fingerprint density at radius 2 is 1.86 bits per heavy atom. The Kier molecular flexibility index (Phi) is 5.31. The fraction of sp³-hybridized carbons (Fsp3) is 0.200. The van der Waals surface area contributed by atoms with Gasteiger partial charge >= 0.3 is 0 Å². The van der Waals surface area contributed by atoms with Gasteiger partial charge in [-0.2, -0.15) is 0 Å². The average molecular weight is 375 g/mol. The topological polar surface area (TPSA) is 30.5 Å². The van der Waals surface area contributed by atoms with Gasteiger partial charge in [-0.3, -0.25) is 0 Å². The van der Waals surface area contributed by atoms with Crippen LogP contribution in [0.2, 0.25) is 5.02 Å². The Bertz CT molecular complexity index is 652. The van der Waals surface area contributed by atoms with Gasteiger partial charge in [-0.25, -0.2) is 4.39 Å². The summed E-state index contributed by atoms with van der Waals surface area (Å²) in [6.07, 6.45) is 0. The minimum absolute atomic E-state index is 0.274. The zero-order valence-electron chi connectivity index (χ0n) is 11.5. The number of anilines is 1. The lowest BCUT2D eigenvalue weighted by molar-refractivity contribution is 0.395. The molecule has 1 N–H and O–H groups in total. The molecule has 0 aromatic heterocycles. The predicted octanol–water partition coefficient (Wildman–Crippen LogP) is 4.87. The lowest BCUT2D eigenvalue weighted by Crippen LogP contribution is -2.04. The molecule has 0 amide bonds. The molecule has 0 bridgehead atoms. The molecule has 0 unspecified atom stereocenters. The highest BCUT2D eigenvalue weighted by atomic mass is 79.9. The van der Waals surface area contributed by atoms with Gasteiger partial charge in [-0.15, -0.1) is 0 Å². The summed E-state index contributed by atoms with van der Waals surface area (Å²) in [5.74, 6) is 0.823. The summed E-state index contributed by atoms with van der Waals surface area (Å²) in [6, 6.07) is 8.17. The van der Waals surface area contributed by atoms with E-state index in [2.05, 4.69) is 21.2 Å². The molecule has 6 heteroatoms. The molecule has 0 fully saturated rings. The molecule has 0 saturated heterocycles. The van der Waals surface area contributed by atoms with Crippen molar-refractivity contribution in [3.8, 4) is 11.5 Å². The molecule has 0 saturated carbocycles. The van der Waals surface area contributed by atoms with Crippen LogP contribution in [0.15, 0.2) is 34.8 Å². The van der Waals surface area contributed by atoms with Crippen LogP contribution in [-0.2, 0) is 6.54 Å². The molecule has 3 nitrogen and oxygen atoms in total. The number of nitrogens with one attached hydrogen (secondary N) is 1. The number of rotatable bonds is 5. The quantitative estimate of drug-likeness (QED) is 0.810. The SMILES string of the molecule is COc1cc(OC)c(NCc2cc(Br)ccc2F)cc1Cl. The first-order valence-corrected chi connectivity index (χ1v) is 7.31. The van der Waals surface area contributed by atoms with Crippen LogP contribution in [-0.4, -0.2) is 14.2 Å². The normalized spacial score (nSPS) is 10.3. The molecule has 0 aliphatic carbocycles. The van der Waals surface area contributed by atoms with Crippen molar-refractivity contribution in [2.24, 2.45) is 0 Å². The highest BCUT2D eigenvalue weighted by Crippen LogP contribution is 2.36. The molecule has 0 aliphatic rings. The number of hydrogen-bond donors (Lipinski definition) is 1. The van der Waals surface area contributed by atoms with Crippen LogP contribution in [0.3, 0.4) is 0 Å². The Balaban J connectivity index is 2.23. The molecular weight excluding hydrogens is 361 g/mol. The van der Waals surface area contributed by atoms with Crippen molar-refractivity contribution in [3.63, 3.8) is 0 Å². The second-order valence-corrected chi connectivity index (χ2v) is 5.60. The lowest BCUT2D eigenvalue weighted by atomic mass is 10.2. The van der Waals surface area contributed by atoms with E-state index >= 15 is 0 Å². The Morgan fingerprint density at radius 3 is 2.52 bits per heavy atom. The molecule has 0 atom stereocenters. The molecule has 112 valence electrons. The number of halogens is 3. The highest BCUT2D eigenvalue weighted by Gasteiger charge is 2.10. The Labute approximate surface area is 136 Å². The minimum Gasteiger partial charge on any atom is -0.495 e. The summed E-state index contributed by atoms with van der Waals surface area (Å²) in [5, 5.41) is 3.57. The van der Waals surface area contributed by atoms with Crippen molar-refractivity contribution >= 4 is 33.2 Å². The third-order valence-electron chi connectivity index (χ3n) is 2.95. The smallest absolute Gasteiger partial charge is 0.145 e. The van der Waals surface area contributed by atoms with E-state index in [4.69, 9.17) is 21.1 Å². The molecule has 0 spiro atoms. The summed E-state index contributed by atoms with van der Waals surface area (Å²) in [7, 11) is 3.08. The van der Waals surface area contributed by atoms with Crippen LogP contribution in [0.4, 0.5) is 10.1 Å². The van der Waals surface area contributed by atoms with E-state index in [1.807, 2.05) is 0 Å². The van der Waals surface area contributed by atoms with Crippen LogP contribution in [0.25, 0.3) is 0 Å². The van der Waals surface area contributed by atoms with Crippen molar-refractivity contribution in [1.29, 1.82) is 0 Å². The van der Waals surface area contributed by atoms with E-state index in [0.717, 1.165) is 4.47 Å².